The molecule has 2 aliphatic carbocycles. The second-order valence-corrected chi connectivity index (χ2v) is 8.97. The molecule has 2 aliphatic rings. The molecule has 6 aromatic rings. The molecule has 0 bridgehead atoms. The second-order valence-electron chi connectivity index (χ2n) is 8.97. The third-order valence-corrected chi connectivity index (χ3v) is 7.45. The van der Waals surface area contributed by atoms with Gasteiger partial charge in [0.25, 0.3) is 0 Å². The van der Waals surface area contributed by atoms with Crippen LogP contribution < -0.4 is 0 Å². The van der Waals surface area contributed by atoms with E-state index in [0.29, 0.717) is 0 Å². The molecule has 1 nitrogen and oxygen atoms in total. The fourth-order valence-electron chi connectivity index (χ4n) is 6.12. The molecule has 0 spiro atoms. The third-order valence-electron chi connectivity index (χ3n) is 7.45. The highest BCUT2D eigenvalue weighted by molar-refractivity contribution is 6.16. The molecule has 1 heteroatoms. The van der Waals surface area contributed by atoms with Crippen molar-refractivity contribution >= 4 is 27.2 Å². The Kier molecular flexibility index (Phi) is 2.80. The second kappa shape index (κ2) is 5.44. The van der Waals surface area contributed by atoms with E-state index in [4.69, 9.17) is 0 Å². The van der Waals surface area contributed by atoms with Crippen molar-refractivity contribution < 1.29 is 0 Å². The van der Waals surface area contributed by atoms with E-state index in [1.54, 1.807) is 0 Å². The first kappa shape index (κ1) is 15.9. The van der Waals surface area contributed by atoms with Crippen molar-refractivity contribution in [3.05, 3.63) is 113 Å². The molecule has 0 unspecified atom stereocenters. The highest BCUT2D eigenvalue weighted by Crippen LogP contribution is 2.47. The molecule has 144 valence electrons. The lowest BCUT2D eigenvalue weighted by Gasteiger charge is -2.13. The normalized spacial score (nSPS) is 13.5. The predicted octanol–water partition coefficient (Wildman–Crippen LogP) is 7.39. The quantitative estimate of drug-likeness (QED) is 0.237. The van der Waals surface area contributed by atoms with Gasteiger partial charge in [0, 0.05) is 17.0 Å². The van der Waals surface area contributed by atoms with Crippen LogP contribution in [-0.2, 0) is 12.8 Å². The molecule has 0 aliphatic heterocycles. The standard InChI is InChI=1S/C30H19N/c1-2-7-21-18(6-1)14-19-15-26-20(16-25(19)21)17-27-22(26)11-12-24-23-8-3-4-9-28(23)31-13-5-10-29(31)30(24)27/h1-13,15-16H,14,17H2. The van der Waals surface area contributed by atoms with Gasteiger partial charge in [0.2, 0.25) is 0 Å². The number of pyridine rings is 1. The first-order valence-electron chi connectivity index (χ1n) is 11.0. The molecule has 0 saturated heterocycles. The summed E-state index contributed by atoms with van der Waals surface area (Å²) in [5.41, 5.74) is 14.2. The van der Waals surface area contributed by atoms with E-state index in [0.717, 1.165) is 12.8 Å². The van der Waals surface area contributed by atoms with Crippen LogP contribution in [0.2, 0.25) is 0 Å². The van der Waals surface area contributed by atoms with Crippen LogP contribution in [0.25, 0.3) is 49.4 Å². The van der Waals surface area contributed by atoms with E-state index in [-0.39, 0.29) is 0 Å². The number of benzene rings is 4. The Morgan fingerprint density at radius 2 is 1.29 bits per heavy atom. The molecule has 0 saturated carbocycles. The molecule has 0 radical (unpaired) electrons. The first-order chi connectivity index (χ1) is 15.4. The van der Waals surface area contributed by atoms with E-state index in [2.05, 4.69) is 95.5 Å². The number of aromatic nitrogens is 1. The van der Waals surface area contributed by atoms with Crippen LogP contribution in [0.15, 0.2) is 91.1 Å². The van der Waals surface area contributed by atoms with E-state index in [1.807, 2.05) is 0 Å². The van der Waals surface area contributed by atoms with Crippen molar-refractivity contribution in [3.63, 3.8) is 0 Å². The van der Waals surface area contributed by atoms with Crippen molar-refractivity contribution in [1.29, 1.82) is 0 Å². The summed E-state index contributed by atoms with van der Waals surface area (Å²) in [6.45, 7) is 0. The molecule has 0 amide bonds. The van der Waals surface area contributed by atoms with Gasteiger partial charge in [-0.25, -0.2) is 0 Å². The van der Waals surface area contributed by atoms with E-state index < -0.39 is 0 Å². The van der Waals surface area contributed by atoms with Gasteiger partial charge in [-0.1, -0.05) is 54.6 Å². The molecule has 0 atom stereocenters. The third kappa shape index (κ3) is 1.92. The number of fused-ring (bicyclic) bond motifs is 13. The summed E-state index contributed by atoms with van der Waals surface area (Å²) in [5, 5.41) is 4.11. The number of nitrogens with zero attached hydrogens (tertiary/aromatic N) is 1. The van der Waals surface area contributed by atoms with Crippen LogP contribution in [0.3, 0.4) is 0 Å². The van der Waals surface area contributed by atoms with Crippen molar-refractivity contribution in [1.82, 2.24) is 4.40 Å². The zero-order valence-electron chi connectivity index (χ0n) is 17.0. The Morgan fingerprint density at radius 1 is 0.516 bits per heavy atom. The van der Waals surface area contributed by atoms with Gasteiger partial charge in [-0.3, -0.25) is 0 Å². The maximum atomic E-state index is 2.47. The minimum atomic E-state index is 1.01. The fourth-order valence-corrected chi connectivity index (χ4v) is 6.12. The lowest BCUT2D eigenvalue weighted by Crippen LogP contribution is -1.93. The summed E-state index contributed by atoms with van der Waals surface area (Å²) < 4.78 is 2.36. The summed E-state index contributed by atoms with van der Waals surface area (Å²) >= 11 is 0. The molecule has 4 aromatic carbocycles. The average Bonchev–Trinajstić information content (AvgIpc) is 3.52. The van der Waals surface area contributed by atoms with Gasteiger partial charge in [-0.2, -0.15) is 0 Å². The van der Waals surface area contributed by atoms with Crippen LogP contribution in [0, 0.1) is 0 Å². The monoisotopic (exact) mass is 393 g/mol. The zero-order chi connectivity index (χ0) is 20.1. The topological polar surface area (TPSA) is 4.41 Å². The number of hydrogen-bond acceptors (Lipinski definition) is 0. The predicted molar refractivity (Wildman–Crippen MR) is 129 cm³/mol. The smallest absolute Gasteiger partial charge is 0.0538 e. The number of para-hydroxylation sites is 1. The van der Waals surface area contributed by atoms with E-state index >= 15 is 0 Å². The molecule has 31 heavy (non-hydrogen) atoms. The Morgan fingerprint density at radius 3 is 2.26 bits per heavy atom. The van der Waals surface area contributed by atoms with Crippen molar-refractivity contribution in [2.45, 2.75) is 12.8 Å². The van der Waals surface area contributed by atoms with Gasteiger partial charge < -0.3 is 4.40 Å². The van der Waals surface area contributed by atoms with Gasteiger partial charge in [0.05, 0.1) is 11.0 Å². The van der Waals surface area contributed by atoms with Crippen LogP contribution in [0.5, 0.6) is 0 Å². The summed E-state index contributed by atoms with van der Waals surface area (Å²) in [6, 6.07) is 31.8. The minimum Gasteiger partial charge on any atom is -0.316 e. The lowest BCUT2D eigenvalue weighted by atomic mass is 9.95. The van der Waals surface area contributed by atoms with E-state index in [1.165, 1.54) is 71.7 Å². The summed E-state index contributed by atoms with van der Waals surface area (Å²) in [7, 11) is 0. The van der Waals surface area contributed by atoms with E-state index in [9.17, 15) is 0 Å². The maximum Gasteiger partial charge on any atom is 0.0538 e. The van der Waals surface area contributed by atoms with Crippen molar-refractivity contribution in [2.24, 2.45) is 0 Å². The minimum absolute atomic E-state index is 1.01. The van der Waals surface area contributed by atoms with Gasteiger partial charge >= 0.3 is 0 Å². The molecule has 2 aromatic heterocycles. The average molecular weight is 393 g/mol. The summed E-state index contributed by atoms with van der Waals surface area (Å²) in [5.74, 6) is 0. The van der Waals surface area contributed by atoms with Gasteiger partial charge in [0.1, 0.15) is 0 Å². The molecule has 2 heterocycles. The largest absolute Gasteiger partial charge is 0.316 e. The lowest BCUT2D eigenvalue weighted by molar-refractivity contribution is 1.24. The van der Waals surface area contributed by atoms with Crippen LogP contribution in [-0.4, -0.2) is 4.40 Å². The van der Waals surface area contributed by atoms with Crippen molar-refractivity contribution in [2.75, 3.05) is 0 Å². The highest BCUT2D eigenvalue weighted by atomic mass is 14.9. The summed E-state index contributed by atoms with van der Waals surface area (Å²) in [6.07, 6.45) is 4.26. The zero-order valence-corrected chi connectivity index (χ0v) is 17.0. The highest BCUT2D eigenvalue weighted by Gasteiger charge is 2.27. The van der Waals surface area contributed by atoms with Gasteiger partial charge in [-0.05, 0) is 93.1 Å². The fraction of sp³-hybridized carbons (Fsp3) is 0.0667. The Balaban J connectivity index is 1.44. The molecular weight excluding hydrogens is 374 g/mol. The SMILES string of the molecule is c1ccc2c(c1)Cc1cc3c(cc1-2)Cc1c-3ccc2c3ccccc3n3cccc3c12. The molecule has 0 N–H and O–H groups in total. The first-order valence-corrected chi connectivity index (χ1v) is 11.0. The van der Waals surface area contributed by atoms with Gasteiger partial charge in [0.15, 0.2) is 0 Å². The number of rotatable bonds is 0. The summed E-state index contributed by atoms with van der Waals surface area (Å²) in [4.78, 5) is 0. The van der Waals surface area contributed by atoms with Crippen LogP contribution in [0.4, 0.5) is 0 Å². The van der Waals surface area contributed by atoms with Gasteiger partial charge in [-0.15, -0.1) is 0 Å². The Labute approximate surface area is 180 Å². The molecule has 8 rings (SSSR count). The van der Waals surface area contributed by atoms with Crippen molar-refractivity contribution in [3.8, 4) is 22.3 Å². The Bertz CT molecular complexity index is 1730. The van der Waals surface area contributed by atoms with Crippen LogP contribution >= 0.6 is 0 Å². The number of hydrogen-bond donors (Lipinski definition) is 0. The van der Waals surface area contributed by atoms with Crippen LogP contribution in [0.1, 0.15) is 22.3 Å². The molecule has 0 fully saturated rings. The Hall–Kier alpha value is -3.84. The maximum absolute atomic E-state index is 2.47. The molecular formula is C30H19N.